The van der Waals surface area contributed by atoms with Crippen LogP contribution in [-0.2, 0) is 17.8 Å². The highest BCUT2D eigenvalue weighted by molar-refractivity contribution is 14.1. The standard InChI is InChI=1S/C30H25IN2O2/c31-28-19-23(17-27(20-32)30(34)33-16-6-9-22-7-2-1-3-8-22)13-15-29(28)35-21-24-12-14-25-10-4-5-11-26(25)18-24/h1-5,7-8,10-15,17-19H,6,9,16,21H2,(H,33,34)/b27-17-. The molecular formula is C30H25IN2O2. The van der Waals surface area contributed by atoms with Crippen LogP contribution in [0.2, 0.25) is 0 Å². The molecule has 0 radical (unpaired) electrons. The van der Waals surface area contributed by atoms with Gasteiger partial charge in [0.25, 0.3) is 5.91 Å². The molecule has 0 saturated heterocycles. The van der Waals surface area contributed by atoms with Crippen molar-refractivity contribution in [3.8, 4) is 11.8 Å². The van der Waals surface area contributed by atoms with E-state index in [1.54, 1.807) is 6.08 Å². The van der Waals surface area contributed by atoms with E-state index in [0.717, 1.165) is 33.3 Å². The van der Waals surface area contributed by atoms with Gasteiger partial charge in [0.1, 0.15) is 24.0 Å². The van der Waals surface area contributed by atoms with Crippen molar-refractivity contribution >= 4 is 45.3 Å². The lowest BCUT2D eigenvalue weighted by Gasteiger charge is -2.10. The fraction of sp³-hybridized carbons (Fsp3) is 0.133. The molecule has 0 bridgehead atoms. The molecule has 0 atom stereocenters. The average molecular weight is 572 g/mol. The first kappa shape index (κ1) is 24.5. The summed E-state index contributed by atoms with van der Waals surface area (Å²) in [5.41, 5.74) is 3.20. The van der Waals surface area contributed by atoms with E-state index in [0.29, 0.717) is 13.2 Å². The van der Waals surface area contributed by atoms with Crippen molar-refractivity contribution in [3.63, 3.8) is 0 Å². The number of nitrogens with zero attached hydrogens (tertiary/aromatic N) is 1. The fourth-order valence-electron chi connectivity index (χ4n) is 3.76. The quantitative estimate of drug-likeness (QED) is 0.105. The summed E-state index contributed by atoms with van der Waals surface area (Å²) in [6, 6.07) is 32.4. The first-order valence-corrected chi connectivity index (χ1v) is 12.5. The van der Waals surface area contributed by atoms with Crippen LogP contribution in [0.3, 0.4) is 0 Å². The third-order valence-electron chi connectivity index (χ3n) is 5.61. The summed E-state index contributed by atoms with van der Waals surface area (Å²) in [4.78, 5) is 12.5. The first-order chi connectivity index (χ1) is 17.1. The summed E-state index contributed by atoms with van der Waals surface area (Å²) in [7, 11) is 0. The lowest BCUT2D eigenvalue weighted by molar-refractivity contribution is -0.117. The lowest BCUT2D eigenvalue weighted by atomic mass is 10.1. The molecule has 0 fully saturated rings. The number of benzene rings is 4. The topological polar surface area (TPSA) is 62.1 Å². The molecule has 4 aromatic rings. The molecular weight excluding hydrogens is 547 g/mol. The Kier molecular flexibility index (Phi) is 8.53. The van der Waals surface area contributed by atoms with E-state index >= 15 is 0 Å². The van der Waals surface area contributed by atoms with Gasteiger partial charge < -0.3 is 10.1 Å². The van der Waals surface area contributed by atoms with Crippen LogP contribution in [0, 0.1) is 14.9 Å². The van der Waals surface area contributed by atoms with E-state index in [4.69, 9.17) is 4.74 Å². The van der Waals surface area contributed by atoms with Crippen molar-refractivity contribution in [3.05, 3.63) is 117 Å². The minimum absolute atomic E-state index is 0.0883. The molecule has 174 valence electrons. The number of ether oxygens (including phenoxy) is 1. The van der Waals surface area contributed by atoms with Crippen LogP contribution < -0.4 is 10.1 Å². The van der Waals surface area contributed by atoms with E-state index in [9.17, 15) is 10.1 Å². The average Bonchev–Trinajstić information content (AvgIpc) is 2.89. The Hall–Kier alpha value is -3.63. The van der Waals surface area contributed by atoms with Gasteiger partial charge >= 0.3 is 0 Å². The molecule has 0 spiro atoms. The highest BCUT2D eigenvalue weighted by Crippen LogP contribution is 2.25. The van der Waals surface area contributed by atoms with E-state index in [-0.39, 0.29) is 11.5 Å². The van der Waals surface area contributed by atoms with Gasteiger partial charge in [0.15, 0.2) is 0 Å². The number of carbonyl (C=O) groups excluding carboxylic acids is 1. The fourth-order valence-corrected chi connectivity index (χ4v) is 4.46. The van der Waals surface area contributed by atoms with Gasteiger partial charge in [-0.1, -0.05) is 72.8 Å². The minimum atomic E-state index is -0.354. The maximum atomic E-state index is 12.5. The van der Waals surface area contributed by atoms with Crippen LogP contribution in [0.4, 0.5) is 0 Å². The number of halogens is 1. The molecule has 5 heteroatoms. The maximum Gasteiger partial charge on any atom is 0.261 e. The number of nitriles is 1. The molecule has 4 nitrogen and oxygen atoms in total. The van der Waals surface area contributed by atoms with Gasteiger partial charge in [-0.15, -0.1) is 0 Å². The molecule has 35 heavy (non-hydrogen) atoms. The van der Waals surface area contributed by atoms with E-state index in [1.165, 1.54) is 16.3 Å². The van der Waals surface area contributed by atoms with E-state index in [2.05, 4.69) is 70.4 Å². The molecule has 0 unspecified atom stereocenters. The largest absolute Gasteiger partial charge is 0.488 e. The Morgan fingerprint density at radius 3 is 2.46 bits per heavy atom. The summed E-state index contributed by atoms with van der Waals surface area (Å²) in [6.07, 6.45) is 3.31. The molecule has 0 saturated carbocycles. The van der Waals surface area contributed by atoms with Crippen molar-refractivity contribution < 1.29 is 9.53 Å². The number of hydrogen-bond acceptors (Lipinski definition) is 3. The Labute approximate surface area is 219 Å². The number of carbonyl (C=O) groups is 1. The normalized spacial score (nSPS) is 11.1. The predicted molar refractivity (Wildman–Crippen MR) is 149 cm³/mol. The summed E-state index contributed by atoms with van der Waals surface area (Å²) >= 11 is 2.21. The van der Waals surface area contributed by atoms with Gasteiger partial charge in [0.2, 0.25) is 0 Å². The second-order valence-electron chi connectivity index (χ2n) is 8.17. The van der Waals surface area contributed by atoms with Gasteiger partial charge in [0.05, 0.1) is 3.57 Å². The molecule has 1 N–H and O–H groups in total. The number of rotatable bonds is 9. The van der Waals surface area contributed by atoms with Crippen LogP contribution >= 0.6 is 22.6 Å². The number of fused-ring (bicyclic) bond motifs is 1. The molecule has 0 aliphatic carbocycles. The van der Waals surface area contributed by atoms with Crippen molar-refractivity contribution in [2.24, 2.45) is 0 Å². The zero-order valence-corrected chi connectivity index (χ0v) is 21.4. The minimum Gasteiger partial charge on any atom is -0.488 e. The molecule has 0 heterocycles. The summed E-state index contributed by atoms with van der Waals surface area (Å²) in [6.45, 7) is 0.983. The second-order valence-corrected chi connectivity index (χ2v) is 9.34. The molecule has 0 aromatic heterocycles. The van der Waals surface area contributed by atoms with Gasteiger partial charge in [-0.05, 0) is 87.2 Å². The van der Waals surface area contributed by atoms with Crippen LogP contribution in [-0.4, -0.2) is 12.5 Å². The molecule has 4 aromatic carbocycles. The maximum absolute atomic E-state index is 12.5. The zero-order valence-electron chi connectivity index (χ0n) is 19.2. The zero-order chi connectivity index (χ0) is 24.5. The molecule has 0 aliphatic heterocycles. The first-order valence-electron chi connectivity index (χ1n) is 11.5. The second kappa shape index (κ2) is 12.2. The number of aryl methyl sites for hydroxylation is 1. The van der Waals surface area contributed by atoms with Gasteiger partial charge in [-0.3, -0.25) is 4.79 Å². The van der Waals surface area contributed by atoms with E-state index < -0.39 is 0 Å². The SMILES string of the molecule is N#C/C(=C/c1ccc(OCc2ccc3ccccc3c2)c(I)c1)C(=O)NCCCc1ccccc1. The molecule has 0 aliphatic rings. The Morgan fingerprint density at radius 1 is 0.914 bits per heavy atom. The Bertz CT molecular complexity index is 1390. The van der Waals surface area contributed by atoms with Crippen molar-refractivity contribution in [2.45, 2.75) is 19.4 Å². The van der Waals surface area contributed by atoms with Crippen molar-refractivity contribution in [2.75, 3.05) is 6.54 Å². The summed E-state index contributed by atoms with van der Waals surface area (Å²) in [5.74, 6) is 0.409. The van der Waals surface area contributed by atoms with Gasteiger partial charge in [-0.25, -0.2) is 0 Å². The summed E-state index contributed by atoms with van der Waals surface area (Å²) in [5, 5.41) is 14.7. The highest BCUT2D eigenvalue weighted by Gasteiger charge is 2.10. The third kappa shape index (κ3) is 6.93. The van der Waals surface area contributed by atoms with Crippen molar-refractivity contribution in [1.82, 2.24) is 5.32 Å². The van der Waals surface area contributed by atoms with Gasteiger partial charge in [-0.2, -0.15) is 5.26 Å². The number of amides is 1. The Balaban J connectivity index is 1.33. The van der Waals surface area contributed by atoms with Gasteiger partial charge in [0, 0.05) is 6.54 Å². The number of hydrogen-bond donors (Lipinski definition) is 1. The smallest absolute Gasteiger partial charge is 0.261 e. The Morgan fingerprint density at radius 2 is 1.69 bits per heavy atom. The summed E-state index contributed by atoms with van der Waals surface area (Å²) < 4.78 is 6.95. The third-order valence-corrected chi connectivity index (χ3v) is 6.45. The monoisotopic (exact) mass is 572 g/mol. The molecule has 1 amide bonds. The lowest BCUT2D eigenvalue weighted by Crippen LogP contribution is -2.25. The highest BCUT2D eigenvalue weighted by atomic mass is 127. The van der Waals surface area contributed by atoms with E-state index in [1.807, 2.05) is 54.6 Å². The van der Waals surface area contributed by atoms with Crippen LogP contribution in [0.25, 0.3) is 16.8 Å². The number of nitrogens with one attached hydrogen (secondary N) is 1. The molecule has 4 rings (SSSR count). The van der Waals surface area contributed by atoms with Crippen LogP contribution in [0.5, 0.6) is 5.75 Å². The van der Waals surface area contributed by atoms with Crippen LogP contribution in [0.1, 0.15) is 23.1 Å². The van der Waals surface area contributed by atoms with Crippen molar-refractivity contribution in [1.29, 1.82) is 5.26 Å². The predicted octanol–water partition coefficient (Wildman–Crippen LogP) is 6.68. The van der Waals surface area contributed by atoms with Crippen LogP contribution in [0.15, 0.2) is 96.6 Å².